The molecule has 1 heterocycles. The minimum Gasteiger partial charge on any atom is -0.367 e. The molecular formula is C11H15Cl2N3. The fourth-order valence-electron chi connectivity index (χ4n) is 1.60. The molecule has 1 aromatic heterocycles. The second-order valence-electron chi connectivity index (χ2n) is 5.18. The first kappa shape index (κ1) is 11.9. The second kappa shape index (κ2) is 4.04. The largest absolute Gasteiger partial charge is 0.367 e. The molecule has 0 unspecified atom stereocenters. The molecule has 5 heteroatoms. The normalized spacial score (nSPS) is 16.3. The molecular weight excluding hydrogens is 245 g/mol. The highest BCUT2D eigenvalue weighted by Gasteiger charge is 2.28. The van der Waals surface area contributed by atoms with E-state index in [1.807, 2.05) is 0 Å². The Labute approximate surface area is 106 Å². The Morgan fingerprint density at radius 1 is 1.19 bits per heavy atom. The molecule has 1 aliphatic carbocycles. The molecule has 1 aliphatic rings. The van der Waals surface area contributed by atoms with Crippen molar-refractivity contribution in [2.75, 3.05) is 5.32 Å². The lowest BCUT2D eigenvalue weighted by molar-refractivity contribution is 0.586. The van der Waals surface area contributed by atoms with Crippen LogP contribution in [0.25, 0.3) is 0 Å². The predicted octanol–water partition coefficient (Wildman–Crippen LogP) is 3.66. The fraction of sp³-hybridized carbons (Fsp3) is 0.636. The molecule has 0 radical (unpaired) electrons. The highest BCUT2D eigenvalue weighted by Crippen LogP contribution is 2.36. The lowest BCUT2D eigenvalue weighted by Crippen LogP contribution is -2.18. The molecule has 88 valence electrons. The average molecular weight is 260 g/mol. The van der Waals surface area contributed by atoms with Gasteiger partial charge in [0.2, 0.25) is 5.28 Å². The molecule has 16 heavy (non-hydrogen) atoms. The fourth-order valence-corrected chi connectivity index (χ4v) is 2.26. The molecule has 1 N–H and O–H groups in total. The van der Waals surface area contributed by atoms with E-state index < -0.39 is 0 Å². The minimum absolute atomic E-state index is 0.0983. The van der Waals surface area contributed by atoms with Crippen LogP contribution in [0.5, 0.6) is 0 Å². The third-order valence-electron chi connectivity index (χ3n) is 2.51. The van der Waals surface area contributed by atoms with Gasteiger partial charge in [0.05, 0.1) is 0 Å². The monoisotopic (exact) mass is 259 g/mol. The van der Waals surface area contributed by atoms with Gasteiger partial charge in [-0.25, -0.2) is 9.97 Å². The van der Waals surface area contributed by atoms with Crippen LogP contribution >= 0.6 is 23.2 Å². The number of anilines is 1. The molecule has 1 fully saturated rings. The number of nitrogens with one attached hydrogen (secondary N) is 1. The lowest BCUT2D eigenvalue weighted by atomic mass is 9.88. The van der Waals surface area contributed by atoms with Crippen LogP contribution in [0, 0.1) is 0 Å². The molecule has 0 amide bonds. The summed E-state index contributed by atoms with van der Waals surface area (Å²) in [7, 11) is 0. The van der Waals surface area contributed by atoms with Crippen molar-refractivity contribution in [3.8, 4) is 0 Å². The van der Waals surface area contributed by atoms with E-state index >= 15 is 0 Å². The highest BCUT2D eigenvalue weighted by atomic mass is 35.5. The molecule has 0 spiro atoms. The maximum Gasteiger partial charge on any atom is 0.225 e. The van der Waals surface area contributed by atoms with Crippen molar-refractivity contribution in [3.63, 3.8) is 0 Å². The quantitative estimate of drug-likeness (QED) is 0.651. The van der Waals surface area contributed by atoms with Gasteiger partial charge in [-0.1, -0.05) is 32.4 Å². The van der Waals surface area contributed by atoms with Crippen molar-refractivity contribution in [1.29, 1.82) is 0 Å². The van der Waals surface area contributed by atoms with E-state index in [9.17, 15) is 0 Å². The number of rotatable bonds is 2. The first-order chi connectivity index (χ1) is 7.38. The number of aromatic nitrogens is 2. The molecule has 3 nitrogen and oxygen atoms in total. The minimum atomic E-state index is -0.0983. The first-order valence-electron chi connectivity index (χ1n) is 5.38. The van der Waals surface area contributed by atoms with E-state index in [0.29, 0.717) is 11.2 Å². The highest BCUT2D eigenvalue weighted by molar-refractivity contribution is 6.32. The van der Waals surface area contributed by atoms with Crippen molar-refractivity contribution in [2.45, 2.75) is 45.1 Å². The van der Waals surface area contributed by atoms with Crippen molar-refractivity contribution >= 4 is 29.0 Å². The van der Waals surface area contributed by atoms with Gasteiger partial charge in [0.15, 0.2) is 0 Å². The van der Waals surface area contributed by atoms with Gasteiger partial charge in [-0.15, -0.1) is 0 Å². The number of halogens is 2. The zero-order valence-electron chi connectivity index (χ0n) is 9.64. The average Bonchev–Trinajstić information content (AvgIpc) is 2.83. The SMILES string of the molecule is CC(C)(C)c1c(Cl)nc(Cl)nc1NC1CC1. The number of hydrogen-bond acceptors (Lipinski definition) is 3. The molecule has 0 aliphatic heterocycles. The van der Waals surface area contributed by atoms with Crippen LogP contribution in [-0.4, -0.2) is 16.0 Å². The second-order valence-corrected chi connectivity index (χ2v) is 5.87. The van der Waals surface area contributed by atoms with Crippen molar-refractivity contribution in [2.24, 2.45) is 0 Å². The first-order valence-corrected chi connectivity index (χ1v) is 6.13. The van der Waals surface area contributed by atoms with Crippen molar-refractivity contribution < 1.29 is 0 Å². The van der Waals surface area contributed by atoms with Crippen LogP contribution in [0.1, 0.15) is 39.2 Å². The summed E-state index contributed by atoms with van der Waals surface area (Å²) in [6.07, 6.45) is 2.37. The van der Waals surface area contributed by atoms with E-state index in [4.69, 9.17) is 23.2 Å². The molecule has 0 aromatic carbocycles. The van der Waals surface area contributed by atoms with E-state index in [2.05, 4.69) is 36.1 Å². The standard InChI is InChI=1S/C11H15Cl2N3/c1-11(2,3)7-8(12)15-10(13)16-9(7)14-6-4-5-6/h6H,4-5H2,1-3H3,(H,14,15,16). The summed E-state index contributed by atoms with van der Waals surface area (Å²) >= 11 is 12.0. The summed E-state index contributed by atoms with van der Waals surface area (Å²) in [6, 6.07) is 0.517. The van der Waals surface area contributed by atoms with Gasteiger partial charge < -0.3 is 5.32 Å². The van der Waals surface area contributed by atoms with Crippen LogP contribution in [0.2, 0.25) is 10.4 Å². The van der Waals surface area contributed by atoms with Crippen LogP contribution < -0.4 is 5.32 Å². The Bertz CT molecular complexity index is 408. The van der Waals surface area contributed by atoms with Crippen LogP contribution in [-0.2, 0) is 5.41 Å². The summed E-state index contributed by atoms with van der Waals surface area (Å²) in [5.74, 6) is 0.778. The third kappa shape index (κ3) is 2.58. The lowest BCUT2D eigenvalue weighted by Gasteiger charge is -2.23. The molecule has 0 saturated heterocycles. The summed E-state index contributed by atoms with van der Waals surface area (Å²) in [4.78, 5) is 8.25. The van der Waals surface area contributed by atoms with Crippen molar-refractivity contribution in [1.82, 2.24) is 9.97 Å². The van der Waals surface area contributed by atoms with Gasteiger partial charge in [-0.05, 0) is 29.9 Å². The van der Waals surface area contributed by atoms with Gasteiger partial charge in [-0.2, -0.15) is 0 Å². The third-order valence-corrected chi connectivity index (χ3v) is 2.95. The Hall–Kier alpha value is -0.540. The van der Waals surface area contributed by atoms with Gasteiger partial charge in [-0.3, -0.25) is 0 Å². The number of hydrogen-bond donors (Lipinski definition) is 1. The van der Waals surface area contributed by atoms with Gasteiger partial charge in [0, 0.05) is 11.6 Å². The Balaban J connectivity index is 2.45. The maximum absolute atomic E-state index is 6.15. The molecule has 1 saturated carbocycles. The molecule has 2 rings (SSSR count). The molecule has 0 bridgehead atoms. The summed E-state index contributed by atoms with van der Waals surface area (Å²) in [5, 5.41) is 3.99. The summed E-state index contributed by atoms with van der Waals surface area (Å²) < 4.78 is 0. The van der Waals surface area contributed by atoms with E-state index in [0.717, 1.165) is 11.4 Å². The molecule has 1 aromatic rings. The zero-order valence-corrected chi connectivity index (χ0v) is 11.2. The Morgan fingerprint density at radius 3 is 2.31 bits per heavy atom. The Morgan fingerprint density at radius 2 is 1.81 bits per heavy atom. The number of nitrogens with zero attached hydrogens (tertiary/aromatic N) is 2. The van der Waals surface area contributed by atoms with Gasteiger partial charge in [0.25, 0.3) is 0 Å². The van der Waals surface area contributed by atoms with Crippen LogP contribution in [0.15, 0.2) is 0 Å². The molecule has 0 atom stereocenters. The van der Waals surface area contributed by atoms with Crippen molar-refractivity contribution in [3.05, 3.63) is 16.0 Å². The maximum atomic E-state index is 6.15. The zero-order chi connectivity index (χ0) is 11.9. The van der Waals surface area contributed by atoms with E-state index in [-0.39, 0.29) is 10.7 Å². The summed E-state index contributed by atoms with van der Waals surface area (Å²) in [6.45, 7) is 6.26. The Kier molecular flexibility index (Phi) is 3.01. The van der Waals surface area contributed by atoms with E-state index in [1.165, 1.54) is 12.8 Å². The topological polar surface area (TPSA) is 37.8 Å². The van der Waals surface area contributed by atoms with E-state index in [1.54, 1.807) is 0 Å². The van der Waals surface area contributed by atoms with Crippen LogP contribution in [0.3, 0.4) is 0 Å². The van der Waals surface area contributed by atoms with Gasteiger partial charge in [0.1, 0.15) is 11.0 Å². The smallest absolute Gasteiger partial charge is 0.225 e. The van der Waals surface area contributed by atoms with Gasteiger partial charge >= 0.3 is 0 Å². The summed E-state index contributed by atoms with van der Waals surface area (Å²) in [5.41, 5.74) is 0.837. The van der Waals surface area contributed by atoms with Crippen LogP contribution in [0.4, 0.5) is 5.82 Å². The predicted molar refractivity (Wildman–Crippen MR) is 67.4 cm³/mol.